The van der Waals surface area contributed by atoms with E-state index in [2.05, 4.69) is 41.7 Å². The Morgan fingerprint density at radius 1 is 1.14 bits per heavy atom. The smallest absolute Gasteiger partial charge is 0.142 e. The average Bonchev–Trinajstić information content (AvgIpc) is 3.04. The Kier molecular flexibility index (Phi) is 3.34. The molecule has 3 heteroatoms. The molecule has 0 unspecified atom stereocenters. The molecule has 1 aliphatic carbocycles. The van der Waals surface area contributed by atoms with Gasteiger partial charge in [-0.2, -0.15) is 0 Å². The number of rotatable bonds is 2. The van der Waals surface area contributed by atoms with Crippen LogP contribution in [-0.2, 0) is 0 Å². The van der Waals surface area contributed by atoms with E-state index in [1.807, 2.05) is 18.2 Å². The van der Waals surface area contributed by atoms with Crippen LogP contribution < -0.4 is 10.1 Å². The fourth-order valence-electron chi connectivity index (χ4n) is 3.76. The summed E-state index contributed by atoms with van der Waals surface area (Å²) >= 11 is 6.04. The SMILES string of the molecule is COc1cccc2c1N[C@H](c1ccc(Cl)cc1)[C@H]1CC=C[C@@H]21. The molecule has 3 atom stereocenters. The van der Waals surface area contributed by atoms with Gasteiger partial charge in [0.2, 0.25) is 0 Å². The molecular weight excluding hydrogens is 294 g/mol. The predicted octanol–water partition coefficient (Wildman–Crippen LogP) is 5.18. The van der Waals surface area contributed by atoms with Crippen molar-refractivity contribution in [3.63, 3.8) is 0 Å². The van der Waals surface area contributed by atoms with Crippen LogP contribution in [0.5, 0.6) is 5.75 Å². The second-order valence-corrected chi connectivity index (χ2v) is 6.39. The number of hydrogen-bond donors (Lipinski definition) is 1. The zero-order valence-corrected chi connectivity index (χ0v) is 13.2. The Balaban J connectivity index is 1.81. The number of fused-ring (bicyclic) bond motifs is 3. The quantitative estimate of drug-likeness (QED) is 0.772. The third kappa shape index (κ3) is 2.10. The van der Waals surface area contributed by atoms with Gasteiger partial charge in [-0.05, 0) is 41.7 Å². The molecule has 4 rings (SSSR count). The van der Waals surface area contributed by atoms with Crippen molar-refractivity contribution < 1.29 is 4.74 Å². The highest BCUT2D eigenvalue weighted by Gasteiger charge is 2.38. The van der Waals surface area contributed by atoms with Crippen LogP contribution in [0.25, 0.3) is 0 Å². The van der Waals surface area contributed by atoms with Crippen molar-refractivity contribution in [1.29, 1.82) is 0 Å². The van der Waals surface area contributed by atoms with Crippen molar-refractivity contribution in [3.8, 4) is 5.75 Å². The maximum absolute atomic E-state index is 6.04. The molecule has 2 nitrogen and oxygen atoms in total. The minimum Gasteiger partial charge on any atom is -0.495 e. The van der Waals surface area contributed by atoms with Gasteiger partial charge < -0.3 is 10.1 Å². The zero-order valence-electron chi connectivity index (χ0n) is 12.4. The summed E-state index contributed by atoms with van der Waals surface area (Å²) in [5, 5.41) is 4.49. The lowest BCUT2D eigenvalue weighted by molar-refractivity contribution is 0.397. The Morgan fingerprint density at radius 3 is 2.73 bits per heavy atom. The summed E-state index contributed by atoms with van der Waals surface area (Å²) in [6, 6.07) is 14.7. The fourth-order valence-corrected chi connectivity index (χ4v) is 3.89. The van der Waals surface area contributed by atoms with Crippen LogP contribution in [0.4, 0.5) is 5.69 Å². The number of para-hydroxylation sites is 1. The summed E-state index contributed by atoms with van der Waals surface area (Å²) in [6.45, 7) is 0. The van der Waals surface area contributed by atoms with E-state index in [1.165, 1.54) is 11.1 Å². The number of hydrogen-bond acceptors (Lipinski definition) is 2. The largest absolute Gasteiger partial charge is 0.495 e. The monoisotopic (exact) mass is 311 g/mol. The van der Waals surface area contributed by atoms with Crippen LogP contribution in [-0.4, -0.2) is 7.11 Å². The van der Waals surface area contributed by atoms with Gasteiger partial charge in [-0.25, -0.2) is 0 Å². The van der Waals surface area contributed by atoms with Gasteiger partial charge in [0.25, 0.3) is 0 Å². The molecule has 0 aromatic heterocycles. The van der Waals surface area contributed by atoms with E-state index in [0.717, 1.165) is 22.9 Å². The Labute approximate surface area is 135 Å². The molecule has 0 saturated carbocycles. The van der Waals surface area contributed by atoms with Crippen LogP contribution in [0.1, 0.15) is 29.5 Å². The molecule has 1 heterocycles. The predicted molar refractivity (Wildman–Crippen MR) is 90.8 cm³/mol. The number of anilines is 1. The maximum atomic E-state index is 6.04. The highest BCUT2D eigenvalue weighted by molar-refractivity contribution is 6.30. The summed E-state index contributed by atoms with van der Waals surface area (Å²) in [7, 11) is 1.73. The molecule has 1 aliphatic heterocycles. The molecule has 0 saturated heterocycles. The Bertz CT molecular complexity index is 723. The van der Waals surface area contributed by atoms with Crippen molar-refractivity contribution in [2.45, 2.75) is 18.4 Å². The van der Waals surface area contributed by atoms with Gasteiger partial charge in [0, 0.05) is 10.9 Å². The van der Waals surface area contributed by atoms with E-state index < -0.39 is 0 Å². The van der Waals surface area contributed by atoms with Crippen molar-refractivity contribution in [2.24, 2.45) is 5.92 Å². The first-order valence-corrected chi connectivity index (χ1v) is 8.01. The van der Waals surface area contributed by atoms with Crippen LogP contribution in [0.2, 0.25) is 5.02 Å². The molecule has 0 radical (unpaired) electrons. The first kappa shape index (κ1) is 13.7. The highest BCUT2D eigenvalue weighted by Crippen LogP contribution is 2.52. The lowest BCUT2D eigenvalue weighted by atomic mass is 9.77. The third-order valence-electron chi connectivity index (χ3n) is 4.81. The zero-order chi connectivity index (χ0) is 15.1. The summed E-state index contributed by atoms with van der Waals surface area (Å²) in [5.74, 6) is 1.91. The molecular formula is C19H18ClNO. The van der Waals surface area contributed by atoms with Gasteiger partial charge in [-0.3, -0.25) is 0 Å². The minimum atomic E-state index is 0.279. The number of methoxy groups -OCH3 is 1. The second-order valence-electron chi connectivity index (χ2n) is 5.95. The lowest BCUT2D eigenvalue weighted by Gasteiger charge is -2.38. The second kappa shape index (κ2) is 5.36. The minimum absolute atomic E-state index is 0.279. The molecule has 112 valence electrons. The number of benzene rings is 2. The van der Waals surface area contributed by atoms with Gasteiger partial charge in [0.1, 0.15) is 5.75 Å². The molecule has 2 aromatic rings. The lowest BCUT2D eigenvalue weighted by Crippen LogP contribution is -2.29. The topological polar surface area (TPSA) is 21.3 Å². The molecule has 0 fully saturated rings. The number of halogens is 1. The maximum Gasteiger partial charge on any atom is 0.142 e. The number of allylic oxidation sites excluding steroid dienone is 2. The van der Waals surface area contributed by atoms with Crippen LogP contribution in [0.15, 0.2) is 54.6 Å². The molecule has 22 heavy (non-hydrogen) atoms. The summed E-state index contributed by atoms with van der Waals surface area (Å²) in [6.07, 6.45) is 5.74. The van der Waals surface area contributed by atoms with Crippen LogP contribution in [0, 0.1) is 5.92 Å². The first-order valence-electron chi connectivity index (χ1n) is 7.63. The average molecular weight is 312 g/mol. The molecule has 0 amide bonds. The molecule has 0 bridgehead atoms. The van der Waals surface area contributed by atoms with Crippen LogP contribution >= 0.6 is 11.6 Å². The fraction of sp³-hybridized carbons (Fsp3) is 0.263. The van der Waals surface area contributed by atoms with Crippen molar-refractivity contribution in [3.05, 3.63) is 70.8 Å². The van der Waals surface area contributed by atoms with E-state index in [-0.39, 0.29) is 6.04 Å². The van der Waals surface area contributed by atoms with Gasteiger partial charge in [-0.15, -0.1) is 0 Å². The van der Waals surface area contributed by atoms with Crippen LogP contribution in [0.3, 0.4) is 0 Å². The van der Waals surface area contributed by atoms with E-state index >= 15 is 0 Å². The first-order chi connectivity index (χ1) is 10.8. The molecule has 1 N–H and O–H groups in total. The molecule has 0 spiro atoms. The normalized spacial score (nSPS) is 25.3. The Hall–Kier alpha value is -1.93. The van der Waals surface area contributed by atoms with Gasteiger partial charge in [-0.1, -0.05) is 48.0 Å². The van der Waals surface area contributed by atoms with Crippen molar-refractivity contribution in [1.82, 2.24) is 0 Å². The number of ether oxygens (including phenoxy) is 1. The standard InChI is InChI=1S/C19H18ClNO/c1-22-17-7-3-6-16-14-4-2-5-15(14)18(21-19(16)17)12-8-10-13(20)11-9-12/h2-4,6-11,14-15,18,21H,5H2,1H3/t14-,15+,18-/m1/s1. The van der Waals surface area contributed by atoms with Gasteiger partial charge in [0.15, 0.2) is 0 Å². The third-order valence-corrected chi connectivity index (χ3v) is 5.06. The Morgan fingerprint density at radius 2 is 1.95 bits per heavy atom. The number of nitrogens with one attached hydrogen (secondary N) is 1. The summed E-state index contributed by atoms with van der Waals surface area (Å²) < 4.78 is 5.56. The molecule has 2 aliphatic rings. The summed E-state index contributed by atoms with van der Waals surface area (Å²) in [4.78, 5) is 0. The van der Waals surface area contributed by atoms with E-state index in [0.29, 0.717) is 11.8 Å². The van der Waals surface area contributed by atoms with Crippen molar-refractivity contribution >= 4 is 17.3 Å². The van der Waals surface area contributed by atoms with Crippen molar-refractivity contribution in [2.75, 3.05) is 12.4 Å². The van der Waals surface area contributed by atoms with E-state index in [4.69, 9.17) is 16.3 Å². The summed E-state index contributed by atoms with van der Waals surface area (Å²) in [5.41, 5.74) is 3.74. The van der Waals surface area contributed by atoms with E-state index in [1.54, 1.807) is 7.11 Å². The highest BCUT2D eigenvalue weighted by atomic mass is 35.5. The van der Waals surface area contributed by atoms with E-state index in [9.17, 15) is 0 Å². The molecule has 2 aromatic carbocycles. The van der Waals surface area contributed by atoms with Gasteiger partial charge >= 0.3 is 0 Å². The van der Waals surface area contributed by atoms with Gasteiger partial charge in [0.05, 0.1) is 18.8 Å².